The van der Waals surface area contributed by atoms with Gasteiger partial charge in [-0.1, -0.05) is 18.5 Å². The molecule has 5 heteroatoms. The lowest BCUT2D eigenvalue weighted by Crippen LogP contribution is -2.22. The molecule has 0 aliphatic heterocycles. The Bertz CT molecular complexity index is 480. The highest BCUT2D eigenvalue weighted by molar-refractivity contribution is 9.10. The monoisotopic (exact) mass is 349 g/mol. The number of halogens is 2. The van der Waals surface area contributed by atoms with Crippen LogP contribution in [0.4, 0.5) is 0 Å². The molecule has 0 fully saturated rings. The van der Waals surface area contributed by atoms with Gasteiger partial charge in [-0.25, -0.2) is 0 Å². The molecule has 1 atom stereocenters. The van der Waals surface area contributed by atoms with Gasteiger partial charge >= 0.3 is 0 Å². The molecular formula is C12H13BrClNS2. The minimum absolute atomic E-state index is 0.244. The van der Waals surface area contributed by atoms with Gasteiger partial charge in [0, 0.05) is 14.7 Å². The largest absolute Gasteiger partial charge is 0.306 e. The van der Waals surface area contributed by atoms with E-state index in [0.29, 0.717) is 0 Å². The van der Waals surface area contributed by atoms with Crippen LogP contribution in [0.2, 0.25) is 4.34 Å². The van der Waals surface area contributed by atoms with E-state index in [9.17, 15) is 0 Å². The summed E-state index contributed by atoms with van der Waals surface area (Å²) in [5.41, 5.74) is 1.29. The van der Waals surface area contributed by atoms with Crippen LogP contribution in [-0.4, -0.2) is 6.54 Å². The molecule has 0 aliphatic rings. The molecule has 17 heavy (non-hydrogen) atoms. The van der Waals surface area contributed by atoms with Crippen molar-refractivity contribution in [1.82, 2.24) is 5.32 Å². The van der Waals surface area contributed by atoms with E-state index < -0.39 is 0 Å². The van der Waals surface area contributed by atoms with Gasteiger partial charge in [-0.2, -0.15) is 11.3 Å². The van der Waals surface area contributed by atoms with Crippen molar-refractivity contribution < 1.29 is 0 Å². The molecule has 1 nitrogen and oxygen atoms in total. The molecule has 0 aromatic carbocycles. The fraction of sp³-hybridized carbons (Fsp3) is 0.333. The van der Waals surface area contributed by atoms with Crippen LogP contribution in [0, 0.1) is 0 Å². The summed E-state index contributed by atoms with van der Waals surface area (Å²) in [4.78, 5) is 1.27. The van der Waals surface area contributed by atoms with E-state index in [2.05, 4.69) is 45.0 Å². The van der Waals surface area contributed by atoms with Crippen molar-refractivity contribution in [3.05, 3.63) is 42.1 Å². The van der Waals surface area contributed by atoms with Gasteiger partial charge in [0.1, 0.15) is 0 Å². The number of hydrogen-bond donors (Lipinski definition) is 1. The summed E-state index contributed by atoms with van der Waals surface area (Å²) in [7, 11) is 0. The summed E-state index contributed by atoms with van der Waals surface area (Å²) in [5, 5.41) is 7.87. The first-order valence-electron chi connectivity index (χ1n) is 5.42. The first-order chi connectivity index (χ1) is 8.22. The fourth-order valence-electron chi connectivity index (χ4n) is 1.63. The first kappa shape index (κ1) is 13.6. The smallest absolute Gasteiger partial charge is 0.0931 e. The zero-order chi connectivity index (χ0) is 12.3. The summed E-state index contributed by atoms with van der Waals surface area (Å²) in [6.45, 7) is 3.18. The van der Waals surface area contributed by atoms with E-state index in [4.69, 9.17) is 11.6 Å². The summed E-state index contributed by atoms with van der Waals surface area (Å²) < 4.78 is 2.01. The minimum Gasteiger partial charge on any atom is -0.306 e. The zero-order valence-electron chi connectivity index (χ0n) is 9.37. The Morgan fingerprint density at radius 2 is 2.24 bits per heavy atom. The van der Waals surface area contributed by atoms with E-state index in [0.717, 1.165) is 17.3 Å². The van der Waals surface area contributed by atoms with Crippen molar-refractivity contribution in [3.8, 4) is 0 Å². The van der Waals surface area contributed by atoms with E-state index in [1.165, 1.54) is 14.9 Å². The van der Waals surface area contributed by atoms with Gasteiger partial charge in [0.05, 0.1) is 10.4 Å². The SMILES string of the molecule is CCCNC(c1ccc(Cl)s1)c1cscc1Br. The van der Waals surface area contributed by atoms with Gasteiger partial charge in [-0.3, -0.25) is 0 Å². The Balaban J connectivity index is 2.28. The molecule has 0 radical (unpaired) electrons. The van der Waals surface area contributed by atoms with Crippen molar-refractivity contribution in [1.29, 1.82) is 0 Å². The van der Waals surface area contributed by atoms with Crippen molar-refractivity contribution in [2.45, 2.75) is 19.4 Å². The molecule has 1 N–H and O–H groups in total. The second-order valence-electron chi connectivity index (χ2n) is 3.70. The maximum absolute atomic E-state index is 6.02. The quantitative estimate of drug-likeness (QED) is 0.770. The Morgan fingerprint density at radius 1 is 1.41 bits per heavy atom. The van der Waals surface area contributed by atoms with Gasteiger partial charge < -0.3 is 5.32 Å². The standard InChI is InChI=1S/C12H13BrClNS2/c1-2-5-15-12(8-6-16-7-9(8)13)10-3-4-11(14)17-10/h3-4,6-7,12,15H,2,5H2,1H3. The van der Waals surface area contributed by atoms with Gasteiger partial charge in [0.2, 0.25) is 0 Å². The number of hydrogen-bond acceptors (Lipinski definition) is 3. The van der Waals surface area contributed by atoms with Crippen LogP contribution in [0.1, 0.15) is 29.8 Å². The molecule has 0 amide bonds. The third kappa shape index (κ3) is 3.32. The van der Waals surface area contributed by atoms with Gasteiger partial charge in [-0.05, 0) is 52.0 Å². The van der Waals surface area contributed by atoms with E-state index in [1.807, 2.05) is 6.07 Å². The first-order valence-corrected chi connectivity index (χ1v) is 8.35. The van der Waals surface area contributed by atoms with Crippen LogP contribution >= 0.6 is 50.2 Å². The third-order valence-electron chi connectivity index (χ3n) is 2.43. The van der Waals surface area contributed by atoms with Crippen LogP contribution in [0.3, 0.4) is 0 Å². The number of nitrogens with one attached hydrogen (secondary N) is 1. The second-order valence-corrected chi connectivity index (χ2v) is 7.05. The summed E-state index contributed by atoms with van der Waals surface area (Å²) in [6.07, 6.45) is 1.12. The molecule has 2 aromatic heterocycles. The Labute approximate surface area is 123 Å². The van der Waals surface area contributed by atoms with Crippen LogP contribution in [-0.2, 0) is 0 Å². The summed E-state index contributed by atoms with van der Waals surface area (Å²) in [5.74, 6) is 0. The molecule has 1 unspecified atom stereocenters. The third-order valence-corrected chi connectivity index (χ3v) is 5.48. The molecule has 0 spiro atoms. The molecule has 0 aliphatic carbocycles. The van der Waals surface area contributed by atoms with Crippen molar-refractivity contribution in [3.63, 3.8) is 0 Å². The van der Waals surface area contributed by atoms with E-state index >= 15 is 0 Å². The normalized spacial score (nSPS) is 12.9. The lowest BCUT2D eigenvalue weighted by atomic mass is 10.1. The molecule has 2 heterocycles. The van der Waals surface area contributed by atoms with Crippen LogP contribution in [0.5, 0.6) is 0 Å². The van der Waals surface area contributed by atoms with Gasteiger partial charge in [0.15, 0.2) is 0 Å². The van der Waals surface area contributed by atoms with Gasteiger partial charge in [0.25, 0.3) is 0 Å². The average Bonchev–Trinajstić information content (AvgIpc) is 2.90. The zero-order valence-corrected chi connectivity index (χ0v) is 13.3. The Kier molecular flexibility index (Phi) is 5.06. The van der Waals surface area contributed by atoms with E-state index in [-0.39, 0.29) is 6.04 Å². The predicted molar refractivity (Wildman–Crippen MR) is 81.5 cm³/mol. The van der Waals surface area contributed by atoms with E-state index in [1.54, 1.807) is 22.7 Å². The summed E-state index contributed by atoms with van der Waals surface area (Å²) >= 11 is 13.0. The van der Waals surface area contributed by atoms with Crippen LogP contribution in [0.15, 0.2) is 27.4 Å². The van der Waals surface area contributed by atoms with Crippen molar-refractivity contribution in [2.24, 2.45) is 0 Å². The van der Waals surface area contributed by atoms with Crippen LogP contribution < -0.4 is 5.32 Å². The molecule has 0 bridgehead atoms. The number of thiophene rings is 2. The molecule has 2 aromatic rings. The Hall–Kier alpha value is 0.130. The van der Waals surface area contributed by atoms with Crippen LogP contribution in [0.25, 0.3) is 0 Å². The molecular weight excluding hydrogens is 338 g/mol. The topological polar surface area (TPSA) is 12.0 Å². The highest BCUT2D eigenvalue weighted by atomic mass is 79.9. The second kappa shape index (κ2) is 6.34. The van der Waals surface area contributed by atoms with Crippen molar-refractivity contribution in [2.75, 3.05) is 6.54 Å². The lowest BCUT2D eigenvalue weighted by Gasteiger charge is -2.16. The molecule has 0 saturated carbocycles. The molecule has 2 rings (SSSR count). The Morgan fingerprint density at radius 3 is 2.76 bits per heavy atom. The molecule has 92 valence electrons. The van der Waals surface area contributed by atoms with Crippen molar-refractivity contribution >= 4 is 50.2 Å². The maximum atomic E-state index is 6.02. The number of rotatable bonds is 5. The highest BCUT2D eigenvalue weighted by Gasteiger charge is 2.18. The fourth-order valence-corrected chi connectivity index (χ4v) is 4.34. The maximum Gasteiger partial charge on any atom is 0.0931 e. The average molecular weight is 351 g/mol. The molecule has 0 saturated heterocycles. The minimum atomic E-state index is 0.244. The summed E-state index contributed by atoms with van der Waals surface area (Å²) in [6, 6.07) is 4.31. The predicted octanol–water partition coefficient (Wildman–Crippen LogP) is 5.31. The van der Waals surface area contributed by atoms with Gasteiger partial charge in [-0.15, -0.1) is 11.3 Å². The lowest BCUT2D eigenvalue weighted by molar-refractivity contribution is 0.606. The highest BCUT2D eigenvalue weighted by Crippen LogP contribution is 2.35.